The van der Waals surface area contributed by atoms with Crippen LogP contribution in [0.1, 0.15) is 18.4 Å². The Morgan fingerprint density at radius 1 is 1.07 bits per heavy atom. The topological polar surface area (TPSA) is 49.3 Å². The van der Waals surface area contributed by atoms with Crippen LogP contribution in [-0.2, 0) is 6.54 Å². The van der Waals surface area contributed by atoms with Gasteiger partial charge >= 0.3 is 0 Å². The number of nitrogens with zero attached hydrogens (tertiary/aromatic N) is 3. The van der Waals surface area contributed by atoms with Crippen LogP contribution in [0.25, 0.3) is 0 Å². The van der Waals surface area contributed by atoms with Crippen molar-refractivity contribution in [3.8, 4) is 11.5 Å². The van der Waals surface area contributed by atoms with Gasteiger partial charge in [-0.1, -0.05) is 30.3 Å². The van der Waals surface area contributed by atoms with Crippen LogP contribution >= 0.6 is 0 Å². The minimum absolute atomic E-state index is 0.262. The van der Waals surface area contributed by atoms with E-state index in [4.69, 9.17) is 9.47 Å². The highest BCUT2D eigenvalue weighted by atomic mass is 16.5. The van der Waals surface area contributed by atoms with Gasteiger partial charge in [0, 0.05) is 46.1 Å². The van der Waals surface area contributed by atoms with Gasteiger partial charge in [0.25, 0.3) is 0 Å². The van der Waals surface area contributed by atoms with E-state index in [2.05, 4.69) is 32.2 Å². The highest BCUT2D eigenvalue weighted by molar-refractivity contribution is 5.80. The molecule has 0 amide bonds. The molecule has 2 aromatic rings. The van der Waals surface area contributed by atoms with E-state index >= 15 is 0 Å². The molecule has 1 heterocycles. The van der Waals surface area contributed by atoms with Crippen molar-refractivity contribution in [2.75, 3.05) is 47.4 Å². The molecule has 1 saturated heterocycles. The molecule has 0 saturated carbocycles. The average Bonchev–Trinajstić information content (AvgIpc) is 2.76. The summed E-state index contributed by atoms with van der Waals surface area (Å²) in [5.41, 5.74) is 1.18. The lowest BCUT2D eigenvalue weighted by Gasteiger charge is -2.34. The van der Waals surface area contributed by atoms with Gasteiger partial charge in [-0.25, -0.2) is 0 Å². The Labute approximate surface area is 180 Å². The van der Waals surface area contributed by atoms with Crippen molar-refractivity contribution < 1.29 is 9.47 Å². The number of aliphatic imine (C=N–C) groups is 1. The summed E-state index contributed by atoms with van der Waals surface area (Å²) >= 11 is 0. The molecule has 6 heteroatoms. The molecule has 3 rings (SSSR count). The van der Waals surface area contributed by atoms with Crippen LogP contribution in [0.4, 0.5) is 0 Å². The monoisotopic (exact) mass is 410 g/mol. The second-order valence-corrected chi connectivity index (χ2v) is 7.82. The zero-order valence-electron chi connectivity index (χ0n) is 18.4. The molecule has 2 aromatic carbocycles. The smallest absolute Gasteiger partial charge is 0.193 e. The van der Waals surface area contributed by atoms with Crippen molar-refractivity contribution in [3.05, 3.63) is 60.2 Å². The van der Waals surface area contributed by atoms with E-state index in [9.17, 15) is 0 Å². The number of para-hydroxylation sites is 1. The lowest BCUT2D eigenvalue weighted by Crippen LogP contribution is -2.47. The molecule has 0 atom stereocenters. The molecule has 0 aliphatic carbocycles. The molecule has 1 fully saturated rings. The van der Waals surface area contributed by atoms with E-state index in [1.54, 1.807) is 0 Å². The van der Waals surface area contributed by atoms with Gasteiger partial charge in [-0.15, -0.1) is 0 Å². The number of benzene rings is 2. The maximum Gasteiger partial charge on any atom is 0.193 e. The third-order valence-electron chi connectivity index (χ3n) is 5.16. The SMILES string of the molecule is CN=C(NCc1cccc(OCCN(C)C)c1)N1CCC(Oc2ccccc2)CC1. The van der Waals surface area contributed by atoms with Crippen molar-refractivity contribution in [1.29, 1.82) is 0 Å². The van der Waals surface area contributed by atoms with Crippen LogP contribution in [0.15, 0.2) is 59.6 Å². The lowest BCUT2D eigenvalue weighted by atomic mass is 10.1. The normalized spacial score (nSPS) is 15.3. The van der Waals surface area contributed by atoms with Gasteiger partial charge in [-0.05, 0) is 43.9 Å². The predicted molar refractivity (Wildman–Crippen MR) is 122 cm³/mol. The Balaban J connectivity index is 1.45. The maximum atomic E-state index is 6.10. The first kappa shape index (κ1) is 22.0. The molecule has 1 N–H and O–H groups in total. The summed E-state index contributed by atoms with van der Waals surface area (Å²) in [5.74, 6) is 2.79. The van der Waals surface area contributed by atoms with E-state index in [0.29, 0.717) is 6.61 Å². The number of guanidine groups is 1. The van der Waals surface area contributed by atoms with Crippen molar-refractivity contribution in [1.82, 2.24) is 15.1 Å². The molecule has 30 heavy (non-hydrogen) atoms. The van der Waals surface area contributed by atoms with Gasteiger partial charge in [0.1, 0.15) is 24.2 Å². The summed E-state index contributed by atoms with van der Waals surface area (Å²) in [7, 11) is 5.94. The van der Waals surface area contributed by atoms with Gasteiger partial charge in [0.05, 0.1) is 0 Å². The lowest BCUT2D eigenvalue weighted by molar-refractivity contribution is 0.129. The van der Waals surface area contributed by atoms with Crippen LogP contribution < -0.4 is 14.8 Å². The number of likely N-dealkylation sites (N-methyl/N-ethyl adjacent to an activating group) is 1. The molecule has 0 bridgehead atoms. The van der Waals surface area contributed by atoms with E-state index < -0.39 is 0 Å². The Hall–Kier alpha value is -2.73. The van der Waals surface area contributed by atoms with Crippen LogP contribution in [0.2, 0.25) is 0 Å². The molecule has 0 spiro atoms. The zero-order chi connectivity index (χ0) is 21.2. The summed E-state index contributed by atoms with van der Waals surface area (Å²) in [6.07, 6.45) is 2.24. The summed E-state index contributed by atoms with van der Waals surface area (Å²) in [6.45, 7) is 4.18. The summed E-state index contributed by atoms with van der Waals surface area (Å²) < 4.78 is 11.9. The molecule has 0 unspecified atom stereocenters. The Morgan fingerprint density at radius 2 is 1.80 bits per heavy atom. The van der Waals surface area contributed by atoms with Crippen molar-refractivity contribution in [2.24, 2.45) is 4.99 Å². The molecule has 1 aliphatic rings. The van der Waals surface area contributed by atoms with Crippen LogP contribution in [0.5, 0.6) is 11.5 Å². The third-order valence-corrected chi connectivity index (χ3v) is 5.16. The first-order valence-electron chi connectivity index (χ1n) is 10.7. The second kappa shape index (κ2) is 11.5. The largest absolute Gasteiger partial charge is 0.492 e. The Kier molecular flexibility index (Phi) is 8.39. The fraction of sp³-hybridized carbons (Fsp3) is 0.458. The number of piperidine rings is 1. The van der Waals surface area contributed by atoms with E-state index in [1.807, 2.05) is 63.6 Å². The van der Waals surface area contributed by atoms with Gasteiger partial charge in [0.15, 0.2) is 5.96 Å². The van der Waals surface area contributed by atoms with Gasteiger partial charge < -0.3 is 24.6 Å². The molecular weight excluding hydrogens is 376 g/mol. The fourth-order valence-corrected chi connectivity index (χ4v) is 3.48. The fourth-order valence-electron chi connectivity index (χ4n) is 3.48. The number of hydrogen-bond acceptors (Lipinski definition) is 4. The van der Waals surface area contributed by atoms with E-state index in [-0.39, 0.29) is 6.10 Å². The summed E-state index contributed by atoms with van der Waals surface area (Å²) in [5, 5.41) is 3.49. The predicted octanol–water partition coefficient (Wildman–Crippen LogP) is 3.25. The number of rotatable bonds is 8. The molecule has 6 nitrogen and oxygen atoms in total. The standard InChI is InChI=1S/C24H34N4O2/c1-25-24(26-19-20-8-7-11-23(18-20)29-17-16-27(2)3)28-14-12-22(13-15-28)30-21-9-5-4-6-10-21/h4-11,18,22H,12-17,19H2,1-3H3,(H,25,26). The number of ether oxygens (including phenoxy) is 2. The minimum atomic E-state index is 0.262. The molecule has 162 valence electrons. The van der Waals surface area contributed by atoms with Crippen molar-refractivity contribution >= 4 is 5.96 Å². The number of hydrogen-bond donors (Lipinski definition) is 1. The van der Waals surface area contributed by atoms with Crippen LogP contribution in [-0.4, -0.2) is 69.2 Å². The zero-order valence-corrected chi connectivity index (χ0v) is 18.4. The average molecular weight is 411 g/mol. The summed E-state index contributed by atoms with van der Waals surface area (Å²) in [6, 6.07) is 18.3. The first-order valence-corrected chi connectivity index (χ1v) is 10.7. The minimum Gasteiger partial charge on any atom is -0.492 e. The van der Waals surface area contributed by atoms with Gasteiger partial charge in [-0.2, -0.15) is 0 Å². The second-order valence-electron chi connectivity index (χ2n) is 7.82. The van der Waals surface area contributed by atoms with Gasteiger partial charge in [-0.3, -0.25) is 4.99 Å². The van der Waals surface area contributed by atoms with Crippen molar-refractivity contribution in [3.63, 3.8) is 0 Å². The summed E-state index contributed by atoms with van der Waals surface area (Å²) in [4.78, 5) is 8.90. The van der Waals surface area contributed by atoms with Crippen molar-refractivity contribution in [2.45, 2.75) is 25.5 Å². The highest BCUT2D eigenvalue weighted by Crippen LogP contribution is 2.19. The number of likely N-dealkylation sites (tertiary alicyclic amines) is 1. The Bertz CT molecular complexity index is 787. The number of nitrogens with one attached hydrogen (secondary N) is 1. The third kappa shape index (κ3) is 6.95. The molecule has 1 aliphatic heterocycles. The Morgan fingerprint density at radius 3 is 2.50 bits per heavy atom. The highest BCUT2D eigenvalue weighted by Gasteiger charge is 2.22. The first-order chi connectivity index (χ1) is 14.6. The van der Waals surface area contributed by atoms with Gasteiger partial charge in [0.2, 0.25) is 0 Å². The van der Waals surface area contributed by atoms with Crippen LogP contribution in [0.3, 0.4) is 0 Å². The van der Waals surface area contributed by atoms with Crippen LogP contribution in [0, 0.1) is 0 Å². The van der Waals surface area contributed by atoms with E-state index in [0.717, 1.165) is 56.5 Å². The quantitative estimate of drug-likeness (QED) is 0.535. The molecule has 0 aromatic heterocycles. The maximum absolute atomic E-state index is 6.10. The van der Waals surface area contributed by atoms with E-state index in [1.165, 1.54) is 5.56 Å². The molecular formula is C24H34N4O2. The molecule has 0 radical (unpaired) electrons.